The van der Waals surface area contributed by atoms with E-state index in [1.807, 2.05) is 12.1 Å². The fourth-order valence-corrected chi connectivity index (χ4v) is 7.00. The van der Waals surface area contributed by atoms with Crippen LogP contribution in [0.4, 0.5) is 11.4 Å². The van der Waals surface area contributed by atoms with Gasteiger partial charge >= 0.3 is 0 Å². The summed E-state index contributed by atoms with van der Waals surface area (Å²) in [5.74, 6) is 0.339. The molecule has 5 rings (SSSR count). The van der Waals surface area contributed by atoms with E-state index in [9.17, 15) is 18.0 Å². The Hall–Kier alpha value is -4.09. The second-order valence-electron chi connectivity index (χ2n) is 9.99. The van der Waals surface area contributed by atoms with Crippen molar-refractivity contribution in [2.45, 2.75) is 24.2 Å². The number of benzene rings is 3. The average Bonchev–Trinajstić information content (AvgIpc) is 3.43. The van der Waals surface area contributed by atoms with Crippen LogP contribution in [0.25, 0.3) is 0 Å². The number of methoxy groups -OCH3 is 3. The molecule has 1 atom stereocenters. The van der Waals surface area contributed by atoms with Crippen LogP contribution >= 0.6 is 0 Å². The summed E-state index contributed by atoms with van der Waals surface area (Å²) in [4.78, 5) is 28.3. The van der Waals surface area contributed by atoms with Gasteiger partial charge < -0.3 is 24.4 Å². The molecule has 10 nitrogen and oxygen atoms in total. The number of amides is 2. The van der Waals surface area contributed by atoms with Crippen LogP contribution in [0.5, 0.6) is 17.2 Å². The molecule has 2 aliphatic heterocycles. The van der Waals surface area contributed by atoms with Crippen LogP contribution in [-0.4, -0.2) is 65.5 Å². The van der Waals surface area contributed by atoms with Gasteiger partial charge in [0.25, 0.3) is 5.91 Å². The van der Waals surface area contributed by atoms with Crippen LogP contribution < -0.4 is 24.4 Å². The highest BCUT2D eigenvalue weighted by Gasteiger charge is 2.35. The number of piperidine rings is 1. The van der Waals surface area contributed by atoms with Gasteiger partial charge in [-0.2, -0.15) is 4.31 Å². The maximum absolute atomic E-state index is 13.6. The van der Waals surface area contributed by atoms with Crippen molar-refractivity contribution in [1.82, 2.24) is 4.31 Å². The molecule has 2 amide bonds. The zero-order valence-electron chi connectivity index (χ0n) is 23.3. The van der Waals surface area contributed by atoms with E-state index in [0.717, 1.165) is 11.3 Å². The minimum absolute atomic E-state index is 0.000601. The Morgan fingerprint density at radius 2 is 1.61 bits per heavy atom. The van der Waals surface area contributed by atoms with Crippen molar-refractivity contribution < 1.29 is 32.2 Å². The quantitative estimate of drug-likeness (QED) is 0.430. The number of hydrogen-bond donors (Lipinski definition) is 1. The predicted octanol–water partition coefficient (Wildman–Crippen LogP) is 3.95. The lowest BCUT2D eigenvalue weighted by atomic mass is 9.98. The number of sulfonamides is 1. The van der Waals surface area contributed by atoms with Gasteiger partial charge in [-0.05, 0) is 73.4 Å². The summed E-state index contributed by atoms with van der Waals surface area (Å²) in [7, 11) is 0.516. The highest BCUT2D eigenvalue weighted by atomic mass is 32.2. The molecule has 3 aromatic carbocycles. The SMILES string of the molecule is COc1ccc(C(=O)N2CCc3ccc(NC(=O)[C@@H]4CCCN(S(=O)(=O)c5cc(OC)ccc5OC)C4)cc32)cc1. The van der Waals surface area contributed by atoms with Crippen molar-refractivity contribution in [3.8, 4) is 17.2 Å². The summed E-state index contributed by atoms with van der Waals surface area (Å²) in [5, 5.41) is 2.95. The second-order valence-corrected chi connectivity index (χ2v) is 11.9. The van der Waals surface area contributed by atoms with E-state index in [2.05, 4.69) is 5.32 Å². The number of carbonyl (C=O) groups is 2. The Labute approximate surface area is 239 Å². The number of nitrogens with zero attached hydrogens (tertiary/aromatic N) is 2. The third-order valence-corrected chi connectivity index (χ3v) is 9.46. The largest absolute Gasteiger partial charge is 0.497 e. The molecule has 3 aromatic rings. The summed E-state index contributed by atoms with van der Waals surface area (Å²) < 4.78 is 44.2. The number of nitrogens with one attached hydrogen (secondary N) is 1. The lowest BCUT2D eigenvalue weighted by Gasteiger charge is -2.31. The first-order valence-electron chi connectivity index (χ1n) is 13.4. The molecule has 0 saturated carbocycles. The first kappa shape index (κ1) is 28.4. The first-order valence-corrected chi connectivity index (χ1v) is 14.8. The Kier molecular flexibility index (Phi) is 8.18. The summed E-state index contributed by atoms with van der Waals surface area (Å²) in [6, 6.07) is 17.1. The van der Waals surface area contributed by atoms with Crippen LogP contribution in [0.1, 0.15) is 28.8 Å². The van der Waals surface area contributed by atoms with Crippen molar-refractivity contribution in [1.29, 1.82) is 0 Å². The fraction of sp³-hybridized carbons (Fsp3) is 0.333. The monoisotopic (exact) mass is 579 g/mol. The molecule has 1 N–H and O–H groups in total. The lowest BCUT2D eigenvalue weighted by molar-refractivity contribution is -0.120. The van der Waals surface area contributed by atoms with Crippen molar-refractivity contribution in [2.24, 2.45) is 5.92 Å². The Morgan fingerprint density at radius 3 is 2.32 bits per heavy atom. The van der Waals surface area contributed by atoms with Crippen molar-refractivity contribution in [3.05, 3.63) is 71.8 Å². The summed E-state index contributed by atoms with van der Waals surface area (Å²) in [6.45, 7) is 0.885. The van der Waals surface area contributed by atoms with Gasteiger partial charge in [-0.25, -0.2) is 8.42 Å². The third-order valence-electron chi connectivity index (χ3n) is 7.57. The minimum atomic E-state index is -3.94. The third kappa shape index (κ3) is 5.73. The molecule has 1 saturated heterocycles. The first-order chi connectivity index (χ1) is 19.7. The average molecular weight is 580 g/mol. The van der Waals surface area contributed by atoms with Gasteiger partial charge in [0.15, 0.2) is 0 Å². The van der Waals surface area contributed by atoms with E-state index in [1.54, 1.807) is 54.5 Å². The molecule has 0 bridgehead atoms. The van der Waals surface area contributed by atoms with Gasteiger partial charge in [-0.3, -0.25) is 9.59 Å². The minimum Gasteiger partial charge on any atom is -0.497 e. The van der Waals surface area contributed by atoms with Crippen LogP contribution in [0.2, 0.25) is 0 Å². The van der Waals surface area contributed by atoms with Crippen LogP contribution in [0.3, 0.4) is 0 Å². The fourth-order valence-electron chi connectivity index (χ4n) is 5.30. The number of hydrogen-bond acceptors (Lipinski definition) is 7. The predicted molar refractivity (Wildman–Crippen MR) is 154 cm³/mol. The van der Waals surface area contributed by atoms with Crippen molar-refractivity contribution in [2.75, 3.05) is 51.2 Å². The molecule has 1 fully saturated rings. The standard InChI is InChI=1S/C30H33N3O7S/c1-38-24-10-7-21(8-11-24)30(35)33-16-14-20-6-9-23(17-26(20)33)31-29(34)22-5-4-15-32(19-22)41(36,37)28-18-25(39-2)12-13-27(28)40-3/h6-13,17-18,22H,4-5,14-16,19H2,1-3H3,(H,31,34)/t22-/m1/s1. The van der Waals surface area contributed by atoms with Gasteiger partial charge in [-0.1, -0.05) is 6.07 Å². The number of anilines is 2. The number of rotatable bonds is 8. The molecule has 0 unspecified atom stereocenters. The van der Waals surface area contributed by atoms with Crippen molar-refractivity contribution in [3.63, 3.8) is 0 Å². The topological polar surface area (TPSA) is 114 Å². The molecule has 0 spiro atoms. The van der Waals surface area contributed by atoms with Gasteiger partial charge in [0.1, 0.15) is 22.1 Å². The molecule has 0 aromatic heterocycles. The van der Waals surface area contributed by atoms with Gasteiger partial charge in [-0.15, -0.1) is 0 Å². The molecule has 2 aliphatic rings. The second kappa shape index (κ2) is 11.8. The Bertz CT molecular complexity index is 1560. The van der Waals surface area contributed by atoms with Gasteiger partial charge in [0.2, 0.25) is 15.9 Å². The summed E-state index contributed by atoms with van der Waals surface area (Å²) in [5.41, 5.74) is 2.87. The van der Waals surface area contributed by atoms with Crippen LogP contribution in [0, 0.1) is 5.92 Å². The van der Waals surface area contributed by atoms with E-state index in [0.29, 0.717) is 55.1 Å². The molecule has 0 radical (unpaired) electrons. The smallest absolute Gasteiger partial charge is 0.258 e. The maximum Gasteiger partial charge on any atom is 0.258 e. The summed E-state index contributed by atoms with van der Waals surface area (Å²) >= 11 is 0. The number of carbonyl (C=O) groups excluding carboxylic acids is 2. The highest BCUT2D eigenvalue weighted by molar-refractivity contribution is 7.89. The zero-order valence-corrected chi connectivity index (χ0v) is 24.1. The summed E-state index contributed by atoms with van der Waals surface area (Å²) in [6.07, 6.45) is 1.81. The van der Waals surface area contributed by atoms with E-state index in [-0.39, 0.29) is 29.0 Å². The molecule has 41 heavy (non-hydrogen) atoms. The van der Waals surface area contributed by atoms with Crippen molar-refractivity contribution >= 4 is 33.2 Å². The Balaban J connectivity index is 1.30. The molecule has 11 heteroatoms. The molecule has 2 heterocycles. The number of ether oxygens (including phenoxy) is 3. The zero-order chi connectivity index (χ0) is 29.1. The highest BCUT2D eigenvalue weighted by Crippen LogP contribution is 2.35. The lowest BCUT2D eigenvalue weighted by Crippen LogP contribution is -2.43. The van der Waals surface area contributed by atoms with Crippen LogP contribution in [0.15, 0.2) is 65.6 Å². The van der Waals surface area contributed by atoms with Crippen LogP contribution in [-0.2, 0) is 21.2 Å². The number of fused-ring (bicyclic) bond motifs is 1. The molecular formula is C30H33N3O7S. The molecule has 0 aliphatic carbocycles. The van der Waals surface area contributed by atoms with E-state index >= 15 is 0 Å². The van der Waals surface area contributed by atoms with E-state index < -0.39 is 15.9 Å². The van der Waals surface area contributed by atoms with E-state index in [4.69, 9.17) is 14.2 Å². The molecule has 216 valence electrons. The maximum atomic E-state index is 13.6. The van der Waals surface area contributed by atoms with Gasteiger partial charge in [0.05, 0.1) is 27.2 Å². The normalized spacial score (nSPS) is 17.0. The van der Waals surface area contributed by atoms with E-state index in [1.165, 1.54) is 24.6 Å². The van der Waals surface area contributed by atoms with Gasteiger partial charge in [0, 0.05) is 42.6 Å². The molecular weight excluding hydrogens is 546 g/mol. The Morgan fingerprint density at radius 1 is 0.878 bits per heavy atom.